The van der Waals surface area contributed by atoms with Gasteiger partial charge in [0.1, 0.15) is 12.4 Å². The molecular formula is C27H30F5N3O3. The second kappa shape index (κ2) is 9.46. The maximum absolute atomic E-state index is 14.1. The molecule has 2 aliphatic rings. The molecule has 0 unspecified atom stereocenters. The first-order valence-electron chi connectivity index (χ1n) is 12.5. The monoisotopic (exact) mass is 539 g/mol. The predicted molar refractivity (Wildman–Crippen MR) is 130 cm³/mol. The largest absolute Gasteiger partial charge is 0.492 e. The highest BCUT2D eigenvalue weighted by Gasteiger charge is 2.43. The molecule has 1 aliphatic heterocycles. The van der Waals surface area contributed by atoms with E-state index < -0.39 is 35.4 Å². The van der Waals surface area contributed by atoms with E-state index in [-0.39, 0.29) is 53.9 Å². The Balaban J connectivity index is 1.37. The number of aromatic nitrogens is 2. The van der Waals surface area contributed by atoms with Crippen LogP contribution in [-0.4, -0.2) is 44.1 Å². The Kier molecular flexibility index (Phi) is 6.68. The van der Waals surface area contributed by atoms with Crippen LogP contribution in [0.4, 0.5) is 22.0 Å². The first kappa shape index (κ1) is 26.8. The van der Waals surface area contributed by atoms with Gasteiger partial charge in [-0.2, -0.15) is 13.2 Å². The summed E-state index contributed by atoms with van der Waals surface area (Å²) in [7, 11) is 0. The van der Waals surface area contributed by atoms with Gasteiger partial charge < -0.3 is 24.8 Å². The van der Waals surface area contributed by atoms with Crippen molar-refractivity contribution < 1.29 is 36.9 Å². The number of hydrogen-bond acceptors (Lipinski definition) is 5. The summed E-state index contributed by atoms with van der Waals surface area (Å²) in [5.74, 6) is -0.0149. The van der Waals surface area contributed by atoms with Crippen molar-refractivity contribution in [1.29, 1.82) is 0 Å². The van der Waals surface area contributed by atoms with Crippen LogP contribution in [0.2, 0.25) is 0 Å². The van der Waals surface area contributed by atoms with Crippen LogP contribution in [0.5, 0.6) is 5.75 Å². The van der Waals surface area contributed by atoms with Gasteiger partial charge in [0.2, 0.25) is 0 Å². The summed E-state index contributed by atoms with van der Waals surface area (Å²) in [6, 6.07) is 7.14. The number of imidazole rings is 1. The highest BCUT2D eigenvalue weighted by atomic mass is 19.4. The molecule has 2 fully saturated rings. The molecule has 0 amide bonds. The summed E-state index contributed by atoms with van der Waals surface area (Å²) >= 11 is 0. The van der Waals surface area contributed by atoms with Crippen LogP contribution in [0.15, 0.2) is 42.7 Å². The number of ether oxygens (including phenoxy) is 1. The number of hydrogen-bond donors (Lipinski definition) is 3. The van der Waals surface area contributed by atoms with Crippen molar-refractivity contribution in [3.8, 4) is 5.75 Å². The lowest BCUT2D eigenvalue weighted by molar-refractivity contribution is -0.136. The van der Waals surface area contributed by atoms with E-state index in [1.54, 1.807) is 13.0 Å². The van der Waals surface area contributed by atoms with Gasteiger partial charge in [-0.1, -0.05) is 18.2 Å². The van der Waals surface area contributed by atoms with E-state index in [0.717, 1.165) is 6.07 Å². The molecule has 206 valence electrons. The molecule has 1 aliphatic carbocycles. The molecule has 2 heterocycles. The highest BCUT2D eigenvalue weighted by molar-refractivity contribution is 5.82. The number of alkyl halides is 5. The van der Waals surface area contributed by atoms with Gasteiger partial charge in [-0.15, -0.1) is 0 Å². The summed E-state index contributed by atoms with van der Waals surface area (Å²) in [5, 5.41) is 24.7. The Bertz CT molecular complexity index is 1320. The van der Waals surface area contributed by atoms with E-state index in [9.17, 15) is 32.2 Å². The number of nitrogens with zero attached hydrogens (tertiary/aromatic N) is 2. The number of nitrogens with one attached hydrogen (secondary N) is 1. The van der Waals surface area contributed by atoms with Gasteiger partial charge in [0.25, 0.3) is 6.43 Å². The number of piperidine rings is 1. The maximum atomic E-state index is 14.1. The quantitative estimate of drug-likeness (QED) is 0.362. The molecule has 2 aromatic carbocycles. The van der Waals surface area contributed by atoms with Crippen molar-refractivity contribution >= 4 is 11.0 Å². The van der Waals surface area contributed by atoms with Gasteiger partial charge in [0.15, 0.2) is 0 Å². The minimum Gasteiger partial charge on any atom is -0.492 e. The Morgan fingerprint density at radius 2 is 1.87 bits per heavy atom. The zero-order valence-corrected chi connectivity index (χ0v) is 21.0. The van der Waals surface area contributed by atoms with E-state index in [1.807, 2.05) is 6.92 Å². The number of halogens is 5. The Morgan fingerprint density at radius 3 is 2.53 bits per heavy atom. The van der Waals surface area contributed by atoms with Crippen LogP contribution in [0.1, 0.15) is 68.7 Å². The molecule has 1 saturated heterocycles. The van der Waals surface area contributed by atoms with Crippen molar-refractivity contribution in [1.82, 2.24) is 14.9 Å². The molecule has 3 atom stereocenters. The molecule has 0 bridgehead atoms. The Labute approximate surface area is 216 Å². The minimum absolute atomic E-state index is 0.0149. The van der Waals surface area contributed by atoms with Crippen LogP contribution in [0.25, 0.3) is 11.0 Å². The Morgan fingerprint density at radius 1 is 1.13 bits per heavy atom. The molecule has 1 saturated carbocycles. The highest BCUT2D eigenvalue weighted by Crippen LogP contribution is 2.45. The number of fused-ring (bicyclic) bond motifs is 1. The van der Waals surface area contributed by atoms with Crippen LogP contribution in [0.3, 0.4) is 0 Å². The number of rotatable bonds is 6. The van der Waals surface area contributed by atoms with E-state index >= 15 is 0 Å². The van der Waals surface area contributed by atoms with Gasteiger partial charge in [0, 0.05) is 29.8 Å². The lowest BCUT2D eigenvalue weighted by atomic mass is 9.77. The second-order valence-electron chi connectivity index (χ2n) is 11.0. The van der Waals surface area contributed by atoms with Gasteiger partial charge >= 0.3 is 6.18 Å². The standard InChI is InChI=1S/C27H30F5N3O3/c1-15-9-26(37,17-5-3-4-16(6-17)24(28)29)10-18(34-15)13-38-20-7-21(27(30,31)32)23-22(8-20)33-14-35(23)19-11-25(2,36)12-19/h3-8,14-15,18-19,24,34,36-37H,9-13H2,1-2H3/t15-,18-,19?,25?,26-/m0/s1. The summed E-state index contributed by atoms with van der Waals surface area (Å²) in [4.78, 5) is 4.18. The van der Waals surface area contributed by atoms with Crippen molar-refractivity contribution in [3.05, 3.63) is 59.4 Å². The van der Waals surface area contributed by atoms with E-state index in [4.69, 9.17) is 4.74 Å². The molecule has 0 spiro atoms. The van der Waals surface area contributed by atoms with Gasteiger partial charge in [-0.25, -0.2) is 13.8 Å². The minimum atomic E-state index is -4.66. The average Bonchev–Trinajstić information content (AvgIpc) is 3.23. The molecule has 38 heavy (non-hydrogen) atoms. The number of benzene rings is 2. The Hall–Kier alpha value is -2.76. The summed E-state index contributed by atoms with van der Waals surface area (Å²) in [6.45, 7) is 3.44. The fourth-order valence-corrected chi connectivity index (χ4v) is 5.89. The van der Waals surface area contributed by atoms with Crippen molar-refractivity contribution in [2.75, 3.05) is 6.61 Å². The third-order valence-electron chi connectivity index (χ3n) is 7.57. The molecule has 1 aromatic heterocycles. The molecule has 3 N–H and O–H groups in total. The smallest absolute Gasteiger partial charge is 0.418 e. The van der Waals surface area contributed by atoms with Crippen LogP contribution in [-0.2, 0) is 11.8 Å². The molecule has 6 nitrogen and oxygen atoms in total. The lowest BCUT2D eigenvalue weighted by Crippen LogP contribution is -2.53. The molecule has 3 aromatic rings. The second-order valence-corrected chi connectivity index (χ2v) is 11.0. The van der Waals surface area contributed by atoms with Gasteiger partial charge in [-0.05, 0) is 57.2 Å². The zero-order valence-electron chi connectivity index (χ0n) is 21.0. The van der Waals surface area contributed by atoms with Crippen LogP contribution >= 0.6 is 0 Å². The van der Waals surface area contributed by atoms with Crippen LogP contribution in [0, 0.1) is 0 Å². The lowest BCUT2D eigenvalue weighted by Gasteiger charge is -2.42. The van der Waals surface area contributed by atoms with Gasteiger partial charge in [0.05, 0.1) is 34.1 Å². The van der Waals surface area contributed by atoms with Crippen molar-refractivity contribution in [3.63, 3.8) is 0 Å². The third kappa shape index (κ3) is 5.23. The molecular weight excluding hydrogens is 509 g/mol. The fourth-order valence-electron chi connectivity index (χ4n) is 5.89. The summed E-state index contributed by atoms with van der Waals surface area (Å²) < 4.78 is 75.9. The first-order chi connectivity index (χ1) is 17.7. The van der Waals surface area contributed by atoms with Crippen LogP contribution < -0.4 is 10.1 Å². The van der Waals surface area contributed by atoms with Gasteiger partial charge in [-0.3, -0.25) is 0 Å². The molecule has 0 radical (unpaired) electrons. The van der Waals surface area contributed by atoms with Crippen molar-refractivity contribution in [2.24, 2.45) is 0 Å². The predicted octanol–water partition coefficient (Wildman–Crippen LogP) is 5.49. The average molecular weight is 540 g/mol. The van der Waals surface area contributed by atoms with E-state index in [2.05, 4.69) is 10.3 Å². The topological polar surface area (TPSA) is 79.5 Å². The maximum Gasteiger partial charge on any atom is 0.418 e. The summed E-state index contributed by atoms with van der Waals surface area (Å²) in [5.41, 5.74) is -2.92. The first-order valence-corrected chi connectivity index (χ1v) is 12.5. The van der Waals surface area contributed by atoms with E-state index in [0.29, 0.717) is 18.4 Å². The molecule has 5 rings (SSSR count). The van der Waals surface area contributed by atoms with Crippen molar-refractivity contribution in [2.45, 2.75) is 81.5 Å². The van der Waals surface area contributed by atoms with E-state index in [1.165, 1.54) is 35.2 Å². The SMILES string of the molecule is C[C@H]1C[C@@](O)(c2cccc(C(F)F)c2)C[C@@H](COc2cc(C(F)(F)F)c3c(c2)ncn3C2CC(C)(O)C2)N1. The zero-order chi connectivity index (χ0) is 27.5. The normalized spacial score (nSPS) is 30.0. The fraction of sp³-hybridized carbons (Fsp3) is 0.519. The molecule has 11 heteroatoms. The summed E-state index contributed by atoms with van der Waals surface area (Å²) in [6.07, 6.45) is -4.88. The third-order valence-corrected chi connectivity index (χ3v) is 7.57. The number of aliphatic hydroxyl groups is 2.